The van der Waals surface area contributed by atoms with Gasteiger partial charge in [0.15, 0.2) is 0 Å². The van der Waals surface area contributed by atoms with E-state index >= 15 is 0 Å². The lowest BCUT2D eigenvalue weighted by Crippen LogP contribution is -2.38. The van der Waals surface area contributed by atoms with Gasteiger partial charge in [0.05, 0.1) is 22.0 Å². The number of amides is 2. The Morgan fingerprint density at radius 3 is 2.53 bits per heavy atom. The van der Waals surface area contributed by atoms with Crippen LogP contribution in [0.15, 0.2) is 41.4 Å². The zero-order chi connectivity index (χ0) is 26.6. The fourth-order valence-corrected chi connectivity index (χ4v) is 4.96. The number of nitrogens with zero attached hydrogens (tertiary/aromatic N) is 5. The lowest BCUT2D eigenvalue weighted by molar-refractivity contribution is -0.115. The van der Waals surface area contributed by atoms with Crippen LogP contribution < -0.4 is 15.5 Å². The van der Waals surface area contributed by atoms with Crippen molar-refractivity contribution in [1.82, 2.24) is 30.6 Å². The second kappa shape index (κ2) is 11.3. The van der Waals surface area contributed by atoms with Crippen LogP contribution in [0, 0.1) is 23.6 Å². The first kappa shape index (κ1) is 25.8. The molecule has 3 aromatic heterocycles. The van der Waals surface area contributed by atoms with E-state index in [-0.39, 0.29) is 11.3 Å². The van der Waals surface area contributed by atoms with E-state index in [0.29, 0.717) is 41.2 Å². The fraction of sp³-hybridized carbons (Fsp3) is 0.280. The zero-order valence-electron chi connectivity index (χ0n) is 20.0. The maximum Gasteiger partial charge on any atom is 0.290 e. The lowest BCUT2D eigenvalue weighted by atomic mass is 9.97. The molecule has 0 bridgehead atoms. The van der Waals surface area contributed by atoms with Crippen molar-refractivity contribution in [2.24, 2.45) is 5.92 Å². The van der Waals surface area contributed by atoms with Gasteiger partial charge in [-0.3, -0.25) is 19.9 Å². The monoisotopic (exact) mass is 541 g/mol. The number of hydrogen-bond acceptors (Lipinski definition) is 9. The molecule has 0 aliphatic carbocycles. The molecular formula is C25H22F3N7O2S. The second-order valence-corrected chi connectivity index (χ2v) is 9.87. The molecular weight excluding hydrogens is 519 g/mol. The summed E-state index contributed by atoms with van der Waals surface area (Å²) in [6.07, 6.45) is 4.95. The van der Waals surface area contributed by atoms with E-state index in [1.54, 1.807) is 18.3 Å². The number of pyridine rings is 2. The molecule has 2 saturated heterocycles. The maximum atomic E-state index is 14.2. The van der Waals surface area contributed by atoms with Crippen LogP contribution in [0.3, 0.4) is 0 Å². The standard InChI is InChI=1S/C25H22F3N7O2S/c26-16-9-18(31-19(10-16)15-7-21(27)33-22(28)8-15)13-29-12-14-2-5-35(6-3-14)24-30-4-1-17(32-24)11-20-23(36)34-25(37)38-20/h1,4,7-11,14,29H,2-3,5-6,12-13H2,(H,34,36,37)/b20-11-. The van der Waals surface area contributed by atoms with Crippen molar-refractivity contribution in [3.05, 3.63) is 70.5 Å². The number of aromatic nitrogens is 4. The summed E-state index contributed by atoms with van der Waals surface area (Å²) in [4.78, 5) is 41.8. The van der Waals surface area contributed by atoms with Gasteiger partial charge in [-0.1, -0.05) is 0 Å². The molecule has 0 radical (unpaired) electrons. The highest BCUT2D eigenvalue weighted by Gasteiger charge is 2.26. The minimum atomic E-state index is -0.997. The molecule has 0 spiro atoms. The van der Waals surface area contributed by atoms with Gasteiger partial charge in [0.2, 0.25) is 17.8 Å². The highest BCUT2D eigenvalue weighted by Crippen LogP contribution is 2.26. The second-order valence-electron chi connectivity index (χ2n) is 8.86. The third kappa shape index (κ3) is 6.34. The molecule has 0 unspecified atom stereocenters. The topological polar surface area (TPSA) is 113 Å². The maximum absolute atomic E-state index is 14.2. The van der Waals surface area contributed by atoms with E-state index in [1.807, 2.05) is 0 Å². The van der Waals surface area contributed by atoms with E-state index in [2.05, 4.69) is 35.5 Å². The predicted octanol–water partition coefficient (Wildman–Crippen LogP) is 3.68. The van der Waals surface area contributed by atoms with E-state index in [0.717, 1.165) is 55.9 Å². The summed E-state index contributed by atoms with van der Waals surface area (Å²) in [6, 6.07) is 6.12. The molecule has 5 heterocycles. The molecule has 2 amide bonds. The van der Waals surface area contributed by atoms with Gasteiger partial charge in [-0.15, -0.1) is 0 Å². The van der Waals surface area contributed by atoms with Gasteiger partial charge < -0.3 is 10.2 Å². The highest BCUT2D eigenvalue weighted by molar-refractivity contribution is 8.18. The van der Waals surface area contributed by atoms with Crippen LogP contribution in [0.5, 0.6) is 0 Å². The molecule has 38 heavy (non-hydrogen) atoms. The summed E-state index contributed by atoms with van der Waals surface area (Å²) >= 11 is 0.840. The van der Waals surface area contributed by atoms with Gasteiger partial charge in [0.25, 0.3) is 11.1 Å². The van der Waals surface area contributed by atoms with Crippen molar-refractivity contribution < 1.29 is 22.8 Å². The first-order valence-electron chi connectivity index (χ1n) is 11.9. The van der Waals surface area contributed by atoms with Crippen LogP contribution in [-0.4, -0.2) is 50.7 Å². The van der Waals surface area contributed by atoms with Crippen LogP contribution >= 0.6 is 11.8 Å². The fourth-order valence-electron chi connectivity index (χ4n) is 4.29. The van der Waals surface area contributed by atoms with E-state index in [1.165, 1.54) is 6.07 Å². The van der Waals surface area contributed by atoms with Crippen molar-refractivity contribution >= 4 is 34.9 Å². The number of nitrogens with one attached hydrogen (secondary N) is 2. The average Bonchev–Trinajstić information content (AvgIpc) is 3.20. The lowest BCUT2D eigenvalue weighted by Gasteiger charge is -2.32. The number of halogens is 3. The Morgan fingerprint density at radius 2 is 1.82 bits per heavy atom. The Labute approximate surface area is 220 Å². The van der Waals surface area contributed by atoms with Gasteiger partial charge in [0.1, 0.15) is 5.82 Å². The average molecular weight is 542 g/mol. The zero-order valence-corrected chi connectivity index (χ0v) is 20.8. The van der Waals surface area contributed by atoms with Gasteiger partial charge in [0, 0.05) is 49.6 Å². The molecule has 0 atom stereocenters. The van der Waals surface area contributed by atoms with Crippen molar-refractivity contribution in [3.63, 3.8) is 0 Å². The first-order valence-corrected chi connectivity index (χ1v) is 12.7. The van der Waals surface area contributed by atoms with Crippen LogP contribution in [-0.2, 0) is 11.3 Å². The van der Waals surface area contributed by atoms with Gasteiger partial charge in [-0.25, -0.2) is 14.4 Å². The molecule has 196 valence electrons. The van der Waals surface area contributed by atoms with E-state index in [9.17, 15) is 22.8 Å². The molecule has 13 heteroatoms. The number of imide groups is 1. The Kier molecular flexibility index (Phi) is 7.65. The van der Waals surface area contributed by atoms with Crippen LogP contribution in [0.1, 0.15) is 24.2 Å². The van der Waals surface area contributed by atoms with E-state index in [4.69, 9.17) is 0 Å². The van der Waals surface area contributed by atoms with Gasteiger partial charge in [-0.2, -0.15) is 13.8 Å². The Balaban J connectivity index is 1.14. The predicted molar refractivity (Wildman–Crippen MR) is 135 cm³/mol. The molecule has 3 aromatic rings. The molecule has 2 aliphatic rings. The van der Waals surface area contributed by atoms with Crippen molar-refractivity contribution in [2.75, 3.05) is 24.5 Å². The Bertz CT molecular complexity index is 1390. The molecule has 0 aromatic carbocycles. The van der Waals surface area contributed by atoms with Crippen molar-refractivity contribution in [3.8, 4) is 11.3 Å². The van der Waals surface area contributed by atoms with E-state index < -0.39 is 28.9 Å². The third-order valence-corrected chi connectivity index (χ3v) is 6.93. The SMILES string of the molecule is O=C1NC(=O)/C(=C/c2ccnc(N3CCC(CNCc4cc(F)cc(-c5cc(F)nc(F)c5)n4)CC3)n2)S1. The molecule has 2 aliphatic heterocycles. The van der Waals surface area contributed by atoms with Gasteiger partial charge >= 0.3 is 0 Å². The third-order valence-electron chi connectivity index (χ3n) is 6.12. The summed E-state index contributed by atoms with van der Waals surface area (Å²) in [6.45, 7) is 2.46. The molecule has 5 rings (SSSR count). The number of hydrogen-bond donors (Lipinski definition) is 2. The normalized spacial score (nSPS) is 17.3. The number of carbonyl (C=O) groups excluding carboxylic acids is 2. The summed E-state index contributed by atoms with van der Waals surface area (Å²) in [7, 11) is 0. The minimum absolute atomic E-state index is 0.115. The number of anilines is 1. The summed E-state index contributed by atoms with van der Waals surface area (Å²) in [5, 5.41) is 5.11. The Morgan fingerprint density at radius 1 is 1.05 bits per heavy atom. The number of rotatable bonds is 7. The van der Waals surface area contributed by atoms with Crippen molar-refractivity contribution in [1.29, 1.82) is 0 Å². The number of carbonyl (C=O) groups is 2. The molecule has 2 fully saturated rings. The van der Waals surface area contributed by atoms with Crippen LogP contribution in [0.25, 0.3) is 17.3 Å². The molecule has 9 nitrogen and oxygen atoms in total. The molecule has 0 saturated carbocycles. The minimum Gasteiger partial charge on any atom is -0.341 e. The Hall–Kier alpha value is -3.84. The van der Waals surface area contributed by atoms with Crippen LogP contribution in [0.4, 0.5) is 23.9 Å². The highest BCUT2D eigenvalue weighted by atomic mass is 32.2. The largest absolute Gasteiger partial charge is 0.341 e. The molecule has 2 N–H and O–H groups in total. The summed E-state index contributed by atoms with van der Waals surface area (Å²) in [5.41, 5.74) is 1.21. The van der Waals surface area contributed by atoms with Gasteiger partial charge in [-0.05, 0) is 55.3 Å². The summed E-state index contributed by atoms with van der Waals surface area (Å²) < 4.78 is 41.1. The number of piperidine rings is 1. The smallest absolute Gasteiger partial charge is 0.290 e. The first-order chi connectivity index (χ1) is 18.3. The number of thioether (sulfide) groups is 1. The summed E-state index contributed by atoms with van der Waals surface area (Å²) in [5.74, 6) is -2.04. The quantitative estimate of drug-likeness (QED) is 0.342. The van der Waals surface area contributed by atoms with Crippen molar-refractivity contribution in [2.45, 2.75) is 19.4 Å². The van der Waals surface area contributed by atoms with Crippen LogP contribution in [0.2, 0.25) is 0 Å².